The molecule has 0 spiro atoms. The number of aryl methyl sites for hydroxylation is 1. The number of carbonyl (C=O) groups excluding carboxylic acids is 2. The monoisotopic (exact) mass is 379 g/mol. The molecule has 2 N–H and O–H groups in total. The van der Waals surface area contributed by atoms with Crippen LogP contribution in [0.3, 0.4) is 0 Å². The Morgan fingerprint density at radius 1 is 1.15 bits per heavy atom. The predicted molar refractivity (Wildman–Crippen MR) is 98.3 cm³/mol. The van der Waals surface area contributed by atoms with E-state index in [1.807, 2.05) is 6.92 Å². The van der Waals surface area contributed by atoms with Crippen molar-refractivity contribution in [2.75, 3.05) is 11.9 Å². The highest BCUT2D eigenvalue weighted by Gasteiger charge is 2.50. The number of rotatable bonds is 6. The highest BCUT2D eigenvalue weighted by atomic mass is 32.1. The van der Waals surface area contributed by atoms with Gasteiger partial charge in [0.25, 0.3) is 0 Å². The zero-order valence-electron chi connectivity index (χ0n) is 15.1. The molecule has 1 heterocycles. The van der Waals surface area contributed by atoms with Crippen molar-refractivity contribution < 1.29 is 24.2 Å². The van der Waals surface area contributed by atoms with Crippen molar-refractivity contribution in [1.82, 2.24) is 0 Å². The number of thiophene rings is 1. The van der Waals surface area contributed by atoms with Gasteiger partial charge in [-0.1, -0.05) is 6.92 Å². The Hall–Kier alpha value is -1.89. The van der Waals surface area contributed by atoms with Gasteiger partial charge in [0.2, 0.25) is 5.91 Å². The van der Waals surface area contributed by atoms with Crippen LogP contribution in [0.15, 0.2) is 6.07 Å². The van der Waals surface area contributed by atoms with Crippen molar-refractivity contribution in [1.29, 1.82) is 0 Å². The van der Waals surface area contributed by atoms with E-state index < -0.39 is 23.8 Å². The van der Waals surface area contributed by atoms with E-state index in [9.17, 15) is 19.5 Å². The minimum Gasteiger partial charge on any atom is -0.481 e. The first kappa shape index (κ1) is 18.9. The third-order valence-corrected chi connectivity index (χ3v) is 6.87. The molecule has 1 aromatic rings. The molecule has 0 radical (unpaired) electrons. The molecule has 26 heavy (non-hydrogen) atoms. The second kappa shape index (κ2) is 7.78. The molecule has 2 atom stereocenters. The van der Waals surface area contributed by atoms with Crippen LogP contribution in [0.4, 0.5) is 5.00 Å². The Morgan fingerprint density at radius 2 is 1.77 bits per heavy atom. The van der Waals surface area contributed by atoms with Crippen molar-refractivity contribution in [3.8, 4) is 0 Å². The van der Waals surface area contributed by atoms with Gasteiger partial charge < -0.3 is 15.2 Å². The van der Waals surface area contributed by atoms with Crippen molar-refractivity contribution in [3.05, 3.63) is 16.5 Å². The third kappa shape index (κ3) is 3.49. The standard InChI is InChI=1S/C19H25NO5S/c1-3-12-9-13(19(24)25-4-2)17(26-12)20-16(21)14-10-5-7-11(8-6-10)15(14)18(22)23/h9-11,14-15H,3-8H2,1-2H3,(H,20,21)(H,22,23)/t10?,11?,14-,15-/m1/s1. The van der Waals surface area contributed by atoms with Gasteiger partial charge in [0.05, 0.1) is 24.0 Å². The second-order valence-corrected chi connectivity index (χ2v) is 8.22. The summed E-state index contributed by atoms with van der Waals surface area (Å²) in [5, 5.41) is 13.0. The van der Waals surface area contributed by atoms with Crippen molar-refractivity contribution >= 4 is 34.2 Å². The summed E-state index contributed by atoms with van der Waals surface area (Å²) in [5.41, 5.74) is 0.356. The van der Waals surface area contributed by atoms with Crippen LogP contribution >= 0.6 is 11.3 Å². The predicted octanol–water partition coefficient (Wildman–Crippen LogP) is 3.56. The van der Waals surface area contributed by atoms with Crippen LogP contribution in [0.25, 0.3) is 0 Å². The fraction of sp³-hybridized carbons (Fsp3) is 0.632. The van der Waals surface area contributed by atoms with Gasteiger partial charge in [0.15, 0.2) is 0 Å². The summed E-state index contributed by atoms with van der Waals surface area (Å²) in [5.74, 6) is -2.59. The van der Waals surface area contributed by atoms with Crippen LogP contribution in [0.2, 0.25) is 0 Å². The van der Waals surface area contributed by atoms with Gasteiger partial charge in [-0.3, -0.25) is 9.59 Å². The Kier molecular flexibility index (Phi) is 5.65. The maximum atomic E-state index is 13.0. The van der Waals surface area contributed by atoms with E-state index in [-0.39, 0.29) is 24.3 Å². The van der Waals surface area contributed by atoms with Crippen LogP contribution in [0.1, 0.15) is 54.8 Å². The summed E-state index contributed by atoms with van der Waals surface area (Å²) >= 11 is 1.36. The van der Waals surface area contributed by atoms with E-state index in [0.717, 1.165) is 37.0 Å². The van der Waals surface area contributed by atoms with Gasteiger partial charge in [-0.2, -0.15) is 0 Å². The highest BCUT2D eigenvalue weighted by molar-refractivity contribution is 7.16. The van der Waals surface area contributed by atoms with Gasteiger partial charge >= 0.3 is 11.9 Å². The number of esters is 1. The van der Waals surface area contributed by atoms with E-state index in [0.29, 0.717) is 10.6 Å². The lowest BCUT2D eigenvalue weighted by molar-refractivity contribution is -0.156. The molecule has 142 valence electrons. The number of carbonyl (C=O) groups is 3. The van der Waals surface area contributed by atoms with Crippen LogP contribution in [0, 0.1) is 23.7 Å². The third-order valence-electron chi connectivity index (χ3n) is 5.67. The molecule has 3 saturated carbocycles. The van der Waals surface area contributed by atoms with Crippen LogP contribution in [-0.2, 0) is 20.7 Å². The molecule has 0 saturated heterocycles. The number of hydrogen-bond acceptors (Lipinski definition) is 5. The molecule has 0 aliphatic heterocycles. The molecular formula is C19H25NO5S. The van der Waals surface area contributed by atoms with E-state index in [2.05, 4.69) is 5.32 Å². The number of anilines is 1. The first-order valence-electron chi connectivity index (χ1n) is 9.29. The molecule has 1 amide bonds. The first-order chi connectivity index (χ1) is 12.5. The average Bonchev–Trinajstić information content (AvgIpc) is 3.05. The molecule has 0 aromatic carbocycles. The molecule has 1 aromatic heterocycles. The molecule has 3 aliphatic carbocycles. The fourth-order valence-corrected chi connectivity index (χ4v) is 5.43. The summed E-state index contributed by atoms with van der Waals surface area (Å²) in [6.07, 6.45) is 4.33. The minimum absolute atomic E-state index is 0.0762. The molecule has 3 aliphatic rings. The van der Waals surface area contributed by atoms with Crippen molar-refractivity contribution in [3.63, 3.8) is 0 Å². The van der Waals surface area contributed by atoms with Crippen LogP contribution in [-0.4, -0.2) is 29.6 Å². The average molecular weight is 379 g/mol. The lowest BCUT2D eigenvalue weighted by atomic mass is 9.58. The maximum Gasteiger partial charge on any atom is 0.341 e. The smallest absolute Gasteiger partial charge is 0.341 e. The SMILES string of the molecule is CCOC(=O)c1cc(CC)sc1NC(=O)[C@@H]1C2CCC(CC2)[C@H]1C(=O)O. The number of aliphatic carboxylic acids is 1. The van der Waals surface area contributed by atoms with Crippen LogP contribution < -0.4 is 5.32 Å². The molecule has 2 bridgehead atoms. The van der Waals surface area contributed by atoms with Gasteiger partial charge in [-0.15, -0.1) is 11.3 Å². The number of hydrogen-bond donors (Lipinski definition) is 2. The summed E-state index contributed by atoms with van der Waals surface area (Å²) in [6, 6.07) is 1.75. The topological polar surface area (TPSA) is 92.7 Å². The summed E-state index contributed by atoms with van der Waals surface area (Å²) in [7, 11) is 0. The first-order valence-corrected chi connectivity index (χ1v) is 10.1. The molecule has 3 fully saturated rings. The zero-order chi connectivity index (χ0) is 18.8. The van der Waals surface area contributed by atoms with Gasteiger partial charge in [0, 0.05) is 4.88 Å². The Balaban J connectivity index is 1.84. The molecular weight excluding hydrogens is 354 g/mol. The van der Waals surface area contributed by atoms with E-state index in [4.69, 9.17) is 4.74 Å². The molecule has 0 unspecified atom stereocenters. The minimum atomic E-state index is -0.884. The zero-order valence-corrected chi connectivity index (χ0v) is 15.9. The second-order valence-electron chi connectivity index (χ2n) is 7.08. The summed E-state index contributed by atoms with van der Waals surface area (Å²) in [6.45, 7) is 3.98. The lowest BCUT2D eigenvalue weighted by Crippen LogP contribution is -2.49. The number of nitrogens with one attached hydrogen (secondary N) is 1. The van der Waals surface area contributed by atoms with Gasteiger partial charge in [0.1, 0.15) is 5.00 Å². The maximum absolute atomic E-state index is 13.0. The largest absolute Gasteiger partial charge is 0.481 e. The number of ether oxygens (including phenoxy) is 1. The lowest BCUT2D eigenvalue weighted by Gasteiger charge is -2.45. The summed E-state index contributed by atoms with van der Waals surface area (Å²) < 4.78 is 5.08. The molecule has 4 rings (SSSR count). The van der Waals surface area contributed by atoms with Gasteiger partial charge in [-0.05, 0) is 56.9 Å². The van der Waals surface area contributed by atoms with E-state index >= 15 is 0 Å². The Bertz CT molecular complexity index is 705. The van der Waals surface area contributed by atoms with E-state index in [1.165, 1.54) is 11.3 Å². The van der Waals surface area contributed by atoms with Gasteiger partial charge in [-0.25, -0.2) is 4.79 Å². The number of carboxylic acids is 1. The Morgan fingerprint density at radius 3 is 2.31 bits per heavy atom. The Labute approximate surface area is 156 Å². The highest BCUT2D eigenvalue weighted by Crippen LogP contribution is 2.49. The fourth-order valence-electron chi connectivity index (χ4n) is 4.45. The number of carboxylic acid groups (broad SMARTS) is 1. The van der Waals surface area contributed by atoms with E-state index in [1.54, 1.807) is 13.0 Å². The normalized spacial score (nSPS) is 27.2. The summed E-state index contributed by atoms with van der Waals surface area (Å²) in [4.78, 5) is 37.9. The quantitative estimate of drug-likeness (QED) is 0.737. The number of fused-ring (bicyclic) bond motifs is 3. The van der Waals surface area contributed by atoms with Crippen molar-refractivity contribution in [2.45, 2.75) is 46.0 Å². The number of amides is 1. The molecule has 7 heteroatoms. The van der Waals surface area contributed by atoms with Crippen LogP contribution in [0.5, 0.6) is 0 Å². The molecule has 6 nitrogen and oxygen atoms in total. The van der Waals surface area contributed by atoms with Crippen molar-refractivity contribution in [2.24, 2.45) is 23.7 Å².